The summed E-state index contributed by atoms with van der Waals surface area (Å²) in [5.41, 5.74) is 8.35. The van der Waals surface area contributed by atoms with E-state index in [1.807, 2.05) is 45.0 Å². The second kappa shape index (κ2) is 12.5. The molecule has 1 aromatic heterocycles. The molecule has 8 nitrogen and oxygen atoms in total. The van der Waals surface area contributed by atoms with Crippen molar-refractivity contribution >= 4 is 17.7 Å². The Bertz CT molecular complexity index is 1210. The third-order valence-electron chi connectivity index (χ3n) is 5.55. The van der Waals surface area contributed by atoms with Crippen molar-refractivity contribution in [3.63, 3.8) is 0 Å². The molecule has 0 aliphatic carbocycles. The number of nitrogens with one attached hydrogen (secondary N) is 2. The van der Waals surface area contributed by atoms with Gasteiger partial charge in [0.15, 0.2) is 0 Å². The zero-order chi connectivity index (χ0) is 26.1. The van der Waals surface area contributed by atoms with Crippen LogP contribution in [0.25, 0.3) is 11.1 Å². The highest BCUT2D eigenvalue weighted by molar-refractivity contribution is 6.01. The molecule has 0 aliphatic heterocycles. The molecule has 188 valence electrons. The highest BCUT2D eigenvalue weighted by Gasteiger charge is 2.23. The fourth-order valence-corrected chi connectivity index (χ4v) is 3.83. The van der Waals surface area contributed by atoms with Gasteiger partial charge in [-0.15, -0.1) is 0 Å². The molecule has 3 amide bonds. The molecule has 0 saturated heterocycles. The molecule has 0 saturated carbocycles. The quantitative estimate of drug-likeness (QED) is 0.380. The molecule has 36 heavy (non-hydrogen) atoms. The Morgan fingerprint density at radius 1 is 0.944 bits per heavy atom. The van der Waals surface area contributed by atoms with Gasteiger partial charge >= 0.3 is 0 Å². The molecule has 0 unspecified atom stereocenters. The molecule has 1 heterocycles. The van der Waals surface area contributed by atoms with Gasteiger partial charge in [0.2, 0.25) is 5.91 Å². The smallest absolute Gasteiger partial charge is 0.271 e. The lowest BCUT2D eigenvalue weighted by Gasteiger charge is -2.19. The second-order valence-corrected chi connectivity index (χ2v) is 8.75. The molecule has 0 aliphatic rings. The van der Waals surface area contributed by atoms with E-state index < -0.39 is 17.9 Å². The zero-order valence-electron chi connectivity index (χ0n) is 20.8. The molecular weight excluding hydrogens is 456 g/mol. The van der Waals surface area contributed by atoms with Crippen molar-refractivity contribution in [2.24, 2.45) is 11.7 Å². The Labute approximate surface area is 211 Å². The molecular formula is C28H32N4O4. The lowest BCUT2D eigenvalue weighted by Crippen LogP contribution is -2.45. The maximum atomic E-state index is 13.1. The summed E-state index contributed by atoms with van der Waals surface area (Å²) in [5, 5.41) is 5.66. The van der Waals surface area contributed by atoms with Crippen LogP contribution in [0.1, 0.15) is 53.6 Å². The van der Waals surface area contributed by atoms with Crippen molar-refractivity contribution in [1.82, 2.24) is 15.6 Å². The Balaban J connectivity index is 1.81. The van der Waals surface area contributed by atoms with Gasteiger partial charge in [0.1, 0.15) is 17.5 Å². The topological polar surface area (TPSA) is 123 Å². The maximum absolute atomic E-state index is 13.1. The summed E-state index contributed by atoms with van der Waals surface area (Å²) < 4.78 is 5.42. The van der Waals surface area contributed by atoms with Crippen molar-refractivity contribution in [3.8, 4) is 16.9 Å². The summed E-state index contributed by atoms with van der Waals surface area (Å²) in [6.45, 7) is 6.60. The average molecular weight is 489 g/mol. The van der Waals surface area contributed by atoms with Crippen molar-refractivity contribution in [2.45, 2.75) is 39.8 Å². The lowest BCUT2D eigenvalue weighted by molar-refractivity contribution is -0.120. The first-order valence-electron chi connectivity index (χ1n) is 11.9. The molecule has 0 radical (unpaired) electrons. The first kappa shape index (κ1) is 26.4. The predicted molar refractivity (Wildman–Crippen MR) is 138 cm³/mol. The van der Waals surface area contributed by atoms with E-state index in [2.05, 4.69) is 15.6 Å². The number of nitrogens with two attached hydrogens (primary N) is 1. The van der Waals surface area contributed by atoms with Crippen LogP contribution in [0.15, 0.2) is 66.9 Å². The van der Waals surface area contributed by atoms with Gasteiger partial charge in [0.05, 0.1) is 6.61 Å². The van der Waals surface area contributed by atoms with E-state index >= 15 is 0 Å². The summed E-state index contributed by atoms with van der Waals surface area (Å²) in [6, 6.07) is 17.1. The number of benzene rings is 2. The van der Waals surface area contributed by atoms with E-state index in [0.717, 1.165) is 11.1 Å². The summed E-state index contributed by atoms with van der Waals surface area (Å²) in [7, 11) is 0. The zero-order valence-corrected chi connectivity index (χ0v) is 20.8. The highest BCUT2D eigenvalue weighted by Crippen LogP contribution is 2.26. The van der Waals surface area contributed by atoms with Crippen molar-refractivity contribution in [3.05, 3.63) is 83.7 Å². The summed E-state index contributed by atoms with van der Waals surface area (Å²) in [6.07, 6.45) is 1.95. The average Bonchev–Trinajstić information content (AvgIpc) is 2.87. The minimum Gasteiger partial charge on any atom is -0.494 e. The van der Waals surface area contributed by atoms with Crippen molar-refractivity contribution in [1.29, 1.82) is 0 Å². The van der Waals surface area contributed by atoms with Crippen LogP contribution in [0.3, 0.4) is 0 Å². The van der Waals surface area contributed by atoms with E-state index in [-0.39, 0.29) is 24.1 Å². The number of hydrogen-bond donors (Lipinski definition) is 3. The maximum Gasteiger partial charge on any atom is 0.271 e. The van der Waals surface area contributed by atoms with E-state index in [1.165, 1.54) is 6.20 Å². The minimum absolute atomic E-state index is 0.172. The van der Waals surface area contributed by atoms with E-state index in [4.69, 9.17) is 10.5 Å². The molecule has 2 aromatic carbocycles. The molecule has 8 heteroatoms. The van der Waals surface area contributed by atoms with Gasteiger partial charge in [-0.3, -0.25) is 19.4 Å². The molecule has 1 atom stereocenters. The number of amides is 3. The number of rotatable bonds is 11. The Morgan fingerprint density at radius 2 is 1.64 bits per heavy atom. The van der Waals surface area contributed by atoms with Crippen molar-refractivity contribution in [2.75, 3.05) is 6.61 Å². The summed E-state index contributed by atoms with van der Waals surface area (Å²) >= 11 is 0. The highest BCUT2D eigenvalue weighted by atomic mass is 16.5. The largest absolute Gasteiger partial charge is 0.494 e. The number of carbonyl (C=O) groups excluding carboxylic acids is 3. The normalized spacial score (nSPS) is 11.6. The van der Waals surface area contributed by atoms with Gasteiger partial charge in [0.25, 0.3) is 11.8 Å². The number of hydrogen-bond acceptors (Lipinski definition) is 5. The number of ether oxygens (including phenoxy) is 1. The van der Waals surface area contributed by atoms with Gasteiger partial charge in [-0.2, -0.15) is 0 Å². The van der Waals surface area contributed by atoms with Crippen LogP contribution in [-0.2, 0) is 11.3 Å². The van der Waals surface area contributed by atoms with Gasteiger partial charge < -0.3 is 21.1 Å². The van der Waals surface area contributed by atoms with Crippen LogP contribution in [0.5, 0.6) is 5.75 Å². The first-order chi connectivity index (χ1) is 17.3. The van der Waals surface area contributed by atoms with E-state index in [0.29, 0.717) is 29.9 Å². The number of primary amides is 1. The second-order valence-electron chi connectivity index (χ2n) is 8.75. The standard InChI is InChI=1S/C28H32N4O4/c1-4-36-21-13-11-19(12-14-21)27(34)31-17-20-8-5-6-9-22(20)23-10-7-15-30-25(23)28(35)32-24(26(29)33)16-18(2)3/h5-15,18,24H,4,16-17H2,1-3H3,(H2,29,33)(H,31,34)(H,32,35)/t24-/m0/s1. The molecule has 0 bridgehead atoms. The monoisotopic (exact) mass is 488 g/mol. The lowest BCUT2D eigenvalue weighted by atomic mass is 9.97. The Morgan fingerprint density at radius 3 is 2.31 bits per heavy atom. The van der Waals surface area contributed by atoms with E-state index in [1.54, 1.807) is 36.4 Å². The molecule has 0 spiro atoms. The van der Waals surface area contributed by atoms with Crippen LogP contribution in [-0.4, -0.2) is 35.4 Å². The van der Waals surface area contributed by atoms with Crippen LogP contribution < -0.4 is 21.1 Å². The Kier molecular flexibility index (Phi) is 9.16. The van der Waals surface area contributed by atoms with E-state index in [9.17, 15) is 14.4 Å². The van der Waals surface area contributed by atoms with Gasteiger partial charge in [-0.25, -0.2) is 0 Å². The third kappa shape index (κ3) is 6.91. The number of carbonyl (C=O) groups is 3. The SMILES string of the molecule is CCOc1ccc(C(=O)NCc2ccccc2-c2cccnc2C(=O)N[C@@H](CC(C)C)C(N)=O)cc1. The van der Waals surface area contributed by atoms with Gasteiger partial charge in [0, 0.05) is 23.9 Å². The first-order valence-corrected chi connectivity index (χ1v) is 11.9. The number of pyridine rings is 1. The minimum atomic E-state index is -0.795. The molecule has 3 aromatic rings. The predicted octanol–water partition coefficient (Wildman–Crippen LogP) is 3.71. The van der Waals surface area contributed by atoms with Crippen LogP contribution in [0.2, 0.25) is 0 Å². The van der Waals surface area contributed by atoms with Crippen LogP contribution >= 0.6 is 0 Å². The molecule has 0 fully saturated rings. The van der Waals surface area contributed by atoms with Crippen molar-refractivity contribution < 1.29 is 19.1 Å². The van der Waals surface area contributed by atoms with Crippen LogP contribution in [0.4, 0.5) is 0 Å². The third-order valence-corrected chi connectivity index (χ3v) is 5.55. The number of aromatic nitrogens is 1. The molecule has 3 rings (SSSR count). The fraction of sp³-hybridized carbons (Fsp3) is 0.286. The fourth-order valence-electron chi connectivity index (χ4n) is 3.83. The number of nitrogens with zero attached hydrogens (tertiary/aromatic N) is 1. The summed E-state index contributed by atoms with van der Waals surface area (Å²) in [5.74, 6) is -0.426. The Hall–Kier alpha value is -4.20. The van der Waals surface area contributed by atoms with Crippen LogP contribution in [0, 0.1) is 5.92 Å². The summed E-state index contributed by atoms with van der Waals surface area (Å²) in [4.78, 5) is 42.0. The molecule has 4 N–H and O–H groups in total. The van der Waals surface area contributed by atoms with Gasteiger partial charge in [-0.05, 0) is 60.7 Å². The van der Waals surface area contributed by atoms with Gasteiger partial charge in [-0.1, -0.05) is 44.2 Å².